The molecule has 40 heavy (non-hydrogen) atoms. The maximum atomic E-state index is 6.27. The van der Waals surface area contributed by atoms with Crippen molar-refractivity contribution in [1.29, 1.82) is 0 Å². The van der Waals surface area contributed by atoms with E-state index in [1.165, 1.54) is 0 Å². The summed E-state index contributed by atoms with van der Waals surface area (Å²) in [6, 6.07) is 22.6. The average Bonchev–Trinajstić information content (AvgIpc) is 3.76. The summed E-state index contributed by atoms with van der Waals surface area (Å²) in [5.74, 6) is 2.40. The Labute approximate surface area is 229 Å². The minimum atomic E-state index is 0.193. The van der Waals surface area contributed by atoms with Gasteiger partial charge in [0.2, 0.25) is 11.8 Å². The van der Waals surface area contributed by atoms with Crippen LogP contribution in [0.2, 0.25) is 0 Å². The van der Waals surface area contributed by atoms with Gasteiger partial charge in [0.15, 0.2) is 0 Å². The van der Waals surface area contributed by atoms with Crippen LogP contribution < -0.4 is 0 Å². The Hall–Kier alpha value is -4.76. The Morgan fingerprint density at radius 2 is 1.88 bits per heavy atom. The first kappa shape index (κ1) is 23.2. The zero-order valence-electron chi connectivity index (χ0n) is 22.0. The molecular weight excluding hydrogens is 502 g/mol. The third kappa shape index (κ3) is 4.06. The van der Waals surface area contributed by atoms with Crippen molar-refractivity contribution >= 4 is 32.8 Å². The van der Waals surface area contributed by atoms with Crippen molar-refractivity contribution in [1.82, 2.24) is 35.1 Å². The second-order valence-electron chi connectivity index (χ2n) is 10.7. The molecule has 3 aromatic carbocycles. The van der Waals surface area contributed by atoms with Crippen LogP contribution >= 0.6 is 0 Å². The maximum Gasteiger partial charge on any atom is 0.247 e. The van der Waals surface area contributed by atoms with Gasteiger partial charge in [0.05, 0.1) is 29.2 Å². The topological polar surface area (TPSA) is 102 Å². The van der Waals surface area contributed by atoms with Gasteiger partial charge in [-0.2, -0.15) is 10.2 Å². The van der Waals surface area contributed by atoms with Crippen LogP contribution in [-0.2, 0) is 13.6 Å². The van der Waals surface area contributed by atoms with Crippen molar-refractivity contribution in [2.75, 3.05) is 13.1 Å². The van der Waals surface area contributed by atoms with Crippen LogP contribution in [0, 0.1) is 0 Å². The van der Waals surface area contributed by atoms with Crippen molar-refractivity contribution in [3.05, 3.63) is 84.6 Å². The highest BCUT2D eigenvalue weighted by Gasteiger charge is 2.27. The minimum Gasteiger partial charge on any atom is -0.460 e. The summed E-state index contributed by atoms with van der Waals surface area (Å²) in [5.41, 5.74) is 5.65. The van der Waals surface area contributed by atoms with Gasteiger partial charge in [-0.1, -0.05) is 24.3 Å². The van der Waals surface area contributed by atoms with E-state index in [1.54, 1.807) is 0 Å². The molecule has 1 aliphatic heterocycles. The molecule has 5 heterocycles. The van der Waals surface area contributed by atoms with E-state index in [4.69, 9.17) is 8.83 Å². The van der Waals surface area contributed by atoms with Crippen LogP contribution in [0.3, 0.4) is 0 Å². The highest BCUT2D eigenvalue weighted by atomic mass is 16.4. The third-order valence-corrected chi connectivity index (χ3v) is 7.85. The van der Waals surface area contributed by atoms with Gasteiger partial charge in [-0.05, 0) is 61.9 Å². The number of hydrogen-bond donors (Lipinski definition) is 1. The van der Waals surface area contributed by atoms with Gasteiger partial charge in [0.1, 0.15) is 11.3 Å². The van der Waals surface area contributed by atoms with Gasteiger partial charge in [-0.15, -0.1) is 10.2 Å². The number of H-pyrrole nitrogens is 1. The first-order chi connectivity index (χ1) is 19.7. The molecule has 0 bridgehead atoms. The molecule has 1 saturated heterocycles. The molecule has 0 amide bonds. The van der Waals surface area contributed by atoms with E-state index in [2.05, 4.69) is 60.7 Å². The molecule has 9 nitrogen and oxygen atoms in total. The van der Waals surface area contributed by atoms with Gasteiger partial charge in [-0.25, -0.2) is 0 Å². The zero-order valence-corrected chi connectivity index (χ0v) is 22.0. The number of benzene rings is 3. The molecule has 7 aromatic rings. The molecule has 0 unspecified atom stereocenters. The first-order valence-corrected chi connectivity index (χ1v) is 13.6. The second-order valence-corrected chi connectivity index (χ2v) is 10.7. The average molecular weight is 530 g/mol. The van der Waals surface area contributed by atoms with Crippen molar-refractivity contribution in [3.8, 4) is 22.7 Å². The highest BCUT2D eigenvalue weighted by Crippen LogP contribution is 2.33. The molecule has 0 saturated carbocycles. The van der Waals surface area contributed by atoms with E-state index in [-0.39, 0.29) is 5.92 Å². The molecule has 8 rings (SSSR count). The molecule has 0 spiro atoms. The number of piperidine rings is 1. The Bertz CT molecular complexity index is 1960. The summed E-state index contributed by atoms with van der Waals surface area (Å²) in [6.45, 7) is 2.66. The van der Waals surface area contributed by atoms with Gasteiger partial charge in [-0.3, -0.25) is 14.7 Å². The van der Waals surface area contributed by atoms with Gasteiger partial charge in [0, 0.05) is 47.1 Å². The predicted octanol–water partition coefficient (Wildman–Crippen LogP) is 6.29. The molecule has 1 N–H and O–H groups in total. The fraction of sp³-hybridized carbons (Fsp3) is 0.226. The standard InChI is InChI=1S/C31H27N7O2/c1-37-16-23-13-20(8-10-26(23)36-37)29-25-15-21(9-11-27(25)32-33-29)30-34-35-31(40-30)22-6-4-12-38(17-22)18-24-14-19-5-2-3-7-28(19)39-24/h2-3,5,7-11,13-16,22H,4,6,12,17-18H2,1H3,(H,32,33)/t22-/m1/s1. The number of aromatic amines is 1. The number of nitrogens with one attached hydrogen (secondary N) is 1. The number of aryl methyl sites for hydroxylation is 1. The molecule has 4 aromatic heterocycles. The number of aromatic nitrogens is 6. The van der Waals surface area contributed by atoms with E-state index in [1.807, 2.05) is 54.3 Å². The summed E-state index contributed by atoms with van der Waals surface area (Å²) in [5, 5.41) is 24.4. The molecular formula is C31H27N7O2. The quantitative estimate of drug-likeness (QED) is 0.279. The molecule has 1 aliphatic rings. The van der Waals surface area contributed by atoms with Crippen LogP contribution in [0.25, 0.3) is 55.5 Å². The lowest BCUT2D eigenvalue weighted by Crippen LogP contribution is -2.33. The van der Waals surface area contributed by atoms with Crippen molar-refractivity contribution < 1.29 is 8.83 Å². The number of fused-ring (bicyclic) bond motifs is 3. The summed E-state index contributed by atoms with van der Waals surface area (Å²) in [4.78, 5) is 2.42. The summed E-state index contributed by atoms with van der Waals surface area (Å²) in [6.07, 6.45) is 4.12. The molecule has 0 aliphatic carbocycles. The van der Waals surface area contributed by atoms with Crippen LogP contribution in [0.1, 0.15) is 30.4 Å². The summed E-state index contributed by atoms with van der Waals surface area (Å²) < 4.78 is 14.2. The van der Waals surface area contributed by atoms with Crippen LogP contribution in [0.4, 0.5) is 0 Å². The van der Waals surface area contributed by atoms with Crippen LogP contribution in [0.15, 0.2) is 81.8 Å². The smallest absolute Gasteiger partial charge is 0.247 e. The Morgan fingerprint density at radius 1 is 0.950 bits per heavy atom. The van der Waals surface area contributed by atoms with Crippen molar-refractivity contribution in [3.63, 3.8) is 0 Å². The van der Waals surface area contributed by atoms with E-state index in [0.717, 1.165) is 87.8 Å². The molecule has 198 valence electrons. The lowest BCUT2D eigenvalue weighted by atomic mass is 9.98. The van der Waals surface area contributed by atoms with Gasteiger partial charge < -0.3 is 8.83 Å². The second kappa shape index (κ2) is 9.17. The largest absolute Gasteiger partial charge is 0.460 e. The lowest BCUT2D eigenvalue weighted by molar-refractivity contribution is 0.176. The van der Waals surface area contributed by atoms with Crippen molar-refractivity contribution in [2.45, 2.75) is 25.3 Å². The fourth-order valence-corrected chi connectivity index (χ4v) is 5.92. The van der Waals surface area contributed by atoms with E-state index < -0.39 is 0 Å². The van der Waals surface area contributed by atoms with Gasteiger partial charge >= 0.3 is 0 Å². The van der Waals surface area contributed by atoms with Crippen LogP contribution in [-0.4, -0.2) is 48.2 Å². The van der Waals surface area contributed by atoms with Gasteiger partial charge in [0.25, 0.3) is 0 Å². The number of rotatable bonds is 5. The molecule has 9 heteroatoms. The lowest BCUT2D eigenvalue weighted by Gasteiger charge is -2.30. The number of likely N-dealkylation sites (tertiary alicyclic amines) is 1. The molecule has 1 fully saturated rings. The van der Waals surface area contributed by atoms with Crippen molar-refractivity contribution in [2.24, 2.45) is 7.05 Å². The maximum absolute atomic E-state index is 6.27. The van der Waals surface area contributed by atoms with Crippen LogP contribution in [0.5, 0.6) is 0 Å². The summed E-state index contributed by atoms with van der Waals surface area (Å²) in [7, 11) is 1.93. The fourth-order valence-electron chi connectivity index (χ4n) is 5.92. The first-order valence-electron chi connectivity index (χ1n) is 13.6. The molecule has 1 atom stereocenters. The third-order valence-electron chi connectivity index (χ3n) is 7.85. The summed E-state index contributed by atoms with van der Waals surface area (Å²) >= 11 is 0. The zero-order chi connectivity index (χ0) is 26.6. The van der Waals surface area contributed by atoms with E-state index >= 15 is 0 Å². The van der Waals surface area contributed by atoms with E-state index in [9.17, 15) is 0 Å². The Balaban J connectivity index is 1.04. The Morgan fingerprint density at radius 3 is 2.83 bits per heavy atom. The molecule has 0 radical (unpaired) electrons. The minimum absolute atomic E-state index is 0.193. The predicted molar refractivity (Wildman–Crippen MR) is 153 cm³/mol. The normalized spacial score (nSPS) is 16.5. The van der Waals surface area contributed by atoms with E-state index in [0.29, 0.717) is 11.8 Å². The highest BCUT2D eigenvalue weighted by molar-refractivity contribution is 5.97. The number of nitrogens with zero attached hydrogens (tertiary/aromatic N) is 6. The number of hydrogen-bond acceptors (Lipinski definition) is 7. The number of furan rings is 1. The number of para-hydroxylation sites is 1. The Kier molecular flexibility index (Phi) is 5.31. The monoisotopic (exact) mass is 529 g/mol. The SMILES string of the molecule is Cn1cc2cc(-c3n[nH]c4ccc(-c5nnc([C@@H]6CCCN(Cc7cc8ccccc8o7)C6)o5)cc34)ccc2n1.